The van der Waals surface area contributed by atoms with E-state index in [2.05, 4.69) is 83.4 Å². The maximum absolute atomic E-state index is 10.1. The van der Waals surface area contributed by atoms with Crippen molar-refractivity contribution in [3.8, 4) is 22.7 Å². The van der Waals surface area contributed by atoms with Crippen LogP contribution >= 0.6 is 0 Å². The second kappa shape index (κ2) is 7.33. The van der Waals surface area contributed by atoms with Gasteiger partial charge < -0.3 is 9.67 Å². The largest absolute Gasteiger partial charge is 0.508 e. The lowest BCUT2D eigenvalue weighted by Gasteiger charge is -2.13. The van der Waals surface area contributed by atoms with Gasteiger partial charge in [-0.3, -0.25) is 0 Å². The molecule has 0 fully saturated rings. The van der Waals surface area contributed by atoms with Gasteiger partial charge in [0.25, 0.3) is 0 Å². The van der Waals surface area contributed by atoms with Crippen LogP contribution in [0.4, 0.5) is 0 Å². The Labute approximate surface area is 170 Å². The van der Waals surface area contributed by atoms with Gasteiger partial charge in [-0.1, -0.05) is 84.9 Å². The molecule has 5 aromatic rings. The third kappa shape index (κ3) is 3.19. The summed E-state index contributed by atoms with van der Waals surface area (Å²) < 4.78 is 2.27. The molecule has 0 radical (unpaired) electrons. The Bertz CT molecular complexity index is 1270. The summed E-state index contributed by atoms with van der Waals surface area (Å²) in [6.07, 6.45) is 0.845. The van der Waals surface area contributed by atoms with Gasteiger partial charge in [0.15, 0.2) is 0 Å². The molecule has 2 heteroatoms. The summed E-state index contributed by atoms with van der Waals surface area (Å²) in [6, 6.07) is 37.1. The van der Waals surface area contributed by atoms with E-state index < -0.39 is 0 Å². The Balaban J connectivity index is 1.86. The Morgan fingerprint density at radius 3 is 2.10 bits per heavy atom. The van der Waals surface area contributed by atoms with E-state index >= 15 is 0 Å². The van der Waals surface area contributed by atoms with Crippen molar-refractivity contribution in [1.82, 2.24) is 4.57 Å². The third-order valence-corrected chi connectivity index (χ3v) is 5.34. The lowest BCUT2D eigenvalue weighted by atomic mass is 9.98. The standard InChI is InChI=1S/C27H21NO/c29-23-15-9-14-22(19-23)28-26-17-8-7-16-24(26)25(18-20-10-3-1-4-11-20)27(28)21-12-5-2-6-13-21/h1-17,19,29H,18H2. The number of fused-ring (bicyclic) bond motifs is 1. The van der Waals surface area contributed by atoms with Crippen molar-refractivity contribution < 1.29 is 5.11 Å². The summed E-state index contributed by atoms with van der Waals surface area (Å²) in [4.78, 5) is 0. The fourth-order valence-electron chi connectivity index (χ4n) is 4.09. The van der Waals surface area contributed by atoms with Crippen molar-refractivity contribution in [2.24, 2.45) is 0 Å². The van der Waals surface area contributed by atoms with E-state index in [1.807, 2.05) is 24.3 Å². The second-order valence-electron chi connectivity index (χ2n) is 7.23. The fraction of sp³-hybridized carbons (Fsp3) is 0.0370. The van der Waals surface area contributed by atoms with E-state index in [9.17, 15) is 5.11 Å². The maximum atomic E-state index is 10.1. The van der Waals surface area contributed by atoms with E-state index in [4.69, 9.17) is 0 Å². The van der Waals surface area contributed by atoms with Crippen LogP contribution in [0.2, 0.25) is 0 Å². The van der Waals surface area contributed by atoms with Crippen LogP contribution in [0.15, 0.2) is 109 Å². The highest BCUT2D eigenvalue weighted by Crippen LogP contribution is 2.38. The molecule has 0 atom stereocenters. The molecule has 0 unspecified atom stereocenters. The van der Waals surface area contributed by atoms with E-state index in [0.29, 0.717) is 0 Å². The summed E-state index contributed by atoms with van der Waals surface area (Å²) in [7, 11) is 0. The van der Waals surface area contributed by atoms with Crippen molar-refractivity contribution in [3.63, 3.8) is 0 Å². The molecular formula is C27H21NO. The fourth-order valence-corrected chi connectivity index (χ4v) is 4.09. The number of phenolic OH excluding ortho intramolecular Hbond substituents is 1. The van der Waals surface area contributed by atoms with Gasteiger partial charge in [0, 0.05) is 23.6 Å². The highest BCUT2D eigenvalue weighted by molar-refractivity contribution is 5.94. The minimum absolute atomic E-state index is 0.268. The SMILES string of the molecule is Oc1cccc(-n2c(-c3ccccc3)c(Cc3ccccc3)c3ccccc32)c1. The molecule has 0 spiro atoms. The summed E-state index contributed by atoms with van der Waals surface area (Å²) in [5.41, 5.74) is 7.01. The van der Waals surface area contributed by atoms with Crippen molar-refractivity contribution in [2.45, 2.75) is 6.42 Å². The second-order valence-corrected chi connectivity index (χ2v) is 7.23. The minimum Gasteiger partial charge on any atom is -0.508 e. The van der Waals surface area contributed by atoms with Crippen LogP contribution in [0.5, 0.6) is 5.75 Å². The average Bonchev–Trinajstić information content (AvgIpc) is 3.09. The molecule has 1 heterocycles. The van der Waals surface area contributed by atoms with E-state index in [-0.39, 0.29) is 5.75 Å². The summed E-state index contributed by atoms with van der Waals surface area (Å²) in [6.45, 7) is 0. The molecule has 0 bridgehead atoms. The maximum Gasteiger partial charge on any atom is 0.117 e. The van der Waals surface area contributed by atoms with Gasteiger partial charge in [0.2, 0.25) is 0 Å². The van der Waals surface area contributed by atoms with Gasteiger partial charge in [-0.05, 0) is 34.9 Å². The zero-order valence-electron chi connectivity index (χ0n) is 16.0. The third-order valence-electron chi connectivity index (χ3n) is 5.34. The quantitative estimate of drug-likeness (QED) is 0.376. The van der Waals surface area contributed by atoms with Crippen LogP contribution in [0.3, 0.4) is 0 Å². The molecule has 140 valence electrons. The van der Waals surface area contributed by atoms with E-state index in [1.54, 1.807) is 6.07 Å². The Kier molecular flexibility index (Phi) is 4.38. The number of hydrogen-bond acceptors (Lipinski definition) is 1. The van der Waals surface area contributed by atoms with Crippen molar-refractivity contribution >= 4 is 10.9 Å². The Morgan fingerprint density at radius 1 is 0.655 bits per heavy atom. The monoisotopic (exact) mass is 375 g/mol. The predicted molar refractivity (Wildman–Crippen MR) is 120 cm³/mol. The molecule has 0 aliphatic heterocycles. The van der Waals surface area contributed by atoms with Crippen LogP contribution in [0, 0.1) is 0 Å². The Hall–Kier alpha value is -3.78. The molecule has 29 heavy (non-hydrogen) atoms. The van der Waals surface area contributed by atoms with Crippen molar-refractivity contribution in [3.05, 3.63) is 120 Å². The molecule has 0 amide bonds. The Morgan fingerprint density at radius 2 is 1.34 bits per heavy atom. The van der Waals surface area contributed by atoms with Crippen LogP contribution < -0.4 is 0 Å². The molecule has 5 rings (SSSR count). The molecule has 0 aliphatic rings. The number of nitrogens with zero attached hydrogens (tertiary/aromatic N) is 1. The highest BCUT2D eigenvalue weighted by Gasteiger charge is 2.20. The molecule has 1 aromatic heterocycles. The average molecular weight is 375 g/mol. The number of phenols is 1. The number of rotatable bonds is 4. The van der Waals surface area contributed by atoms with Gasteiger partial charge in [0.1, 0.15) is 5.75 Å². The molecule has 0 aliphatic carbocycles. The number of benzene rings is 4. The highest BCUT2D eigenvalue weighted by atomic mass is 16.3. The van der Waals surface area contributed by atoms with Crippen LogP contribution in [-0.2, 0) is 6.42 Å². The number of aromatic nitrogens is 1. The van der Waals surface area contributed by atoms with Crippen molar-refractivity contribution in [2.75, 3.05) is 0 Å². The predicted octanol–water partition coefficient (Wildman–Crippen LogP) is 6.59. The minimum atomic E-state index is 0.268. The smallest absolute Gasteiger partial charge is 0.117 e. The topological polar surface area (TPSA) is 25.2 Å². The lowest BCUT2D eigenvalue weighted by Crippen LogP contribution is -1.99. The lowest BCUT2D eigenvalue weighted by molar-refractivity contribution is 0.475. The number of aromatic hydroxyl groups is 1. The molecule has 1 N–H and O–H groups in total. The van der Waals surface area contributed by atoms with E-state index in [1.165, 1.54) is 22.2 Å². The van der Waals surface area contributed by atoms with Gasteiger partial charge in [-0.15, -0.1) is 0 Å². The van der Waals surface area contributed by atoms with Gasteiger partial charge >= 0.3 is 0 Å². The first kappa shape index (κ1) is 17.3. The van der Waals surface area contributed by atoms with Crippen LogP contribution in [-0.4, -0.2) is 9.67 Å². The molecule has 2 nitrogen and oxygen atoms in total. The summed E-state index contributed by atoms with van der Waals surface area (Å²) >= 11 is 0. The first-order valence-corrected chi connectivity index (χ1v) is 9.82. The van der Waals surface area contributed by atoms with Crippen LogP contribution in [0.1, 0.15) is 11.1 Å². The first-order chi connectivity index (χ1) is 14.3. The zero-order valence-corrected chi connectivity index (χ0v) is 16.0. The number of hydrogen-bond donors (Lipinski definition) is 1. The van der Waals surface area contributed by atoms with E-state index in [0.717, 1.165) is 23.2 Å². The van der Waals surface area contributed by atoms with Gasteiger partial charge in [-0.25, -0.2) is 0 Å². The number of para-hydroxylation sites is 1. The molecule has 0 saturated carbocycles. The summed E-state index contributed by atoms with van der Waals surface area (Å²) in [5.74, 6) is 0.268. The van der Waals surface area contributed by atoms with Gasteiger partial charge in [0.05, 0.1) is 11.2 Å². The van der Waals surface area contributed by atoms with Crippen molar-refractivity contribution in [1.29, 1.82) is 0 Å². The molecule has 4 aromatic carbocycles. The summed E-state index contributed by atoms with van der Waals surface area (Å²) in [5, 5.41) is 11.4. The normalized spacial score (nSPS) is 11.0. The molecular weight excluding hydrogens is 354 g/mol. The van der Waals surface area contributed by atoms with Crippen LogP contribution in [0.25, 0.3) is 27.8 Å². The zero-order chi connectivity index (χ0) is 19.6. The molecule has 0 saturated heterocycles. The first-order valence-electron chi connectivity index (χ1n) is 9.82. The van der Waals surface area contributed by atoms with Gasteiger partial charge in [-0.2, -0.15) is 0 Å².